The van der Waals surface area contributed by atoms with Gasteiger partial charge in [0, 0.05) is 16.5 Å². The summed E-state index contributed by atoms with van der Waals surface area (Å²) in [5.41, 5.74) is 2.47. The second-order valence-electron chi connectivity index (χ2n) is 6.58. The molecule has 0 spiro atoms. The first-order valence-electron chi connectivity index (χ1n) is 8.90. The van der Waals surface area contributed by atoms with Crippen LogP contribution >= 0.6 is 50.9 Å². The van der Waals surface area contributed by atoms with Crippen LogP contribution in [-0.2, 0) is 18.4 Å². The highest BCUT2D eigenvalue weighted by atomic mass is 79.9. The fourth-order valence-corrected chi connectivity index (χ4v) is 4.20. The molecule has 1 N–H and O–H groups in total. The summed E-state index contributed by atoms with van der Waals surface area (Å²) in [7, 11) is 1.84. The summed E-state index contributed by atoms with van der Waals surface area (Å²) in [6, 6.07) is 9.06. The zero-order chi connectivity index (χ0) is 21.8. The number of hydrogen-bond donors (Lipinski definition) is 1. The number of amides is 1. The number of benzene rings is 2. The Morgan fingerprint density at radius 1 is 1.20 bits per heavy atom. The van der Waals surface area contributed by atoms with Gasteiger partial charge in [-0.25, -0.2) is 0 Å². The van der Waals surface area contributed by atoms with Gasteiger partial charge in [0.15, 0.2) is 11.0 Å². The predicted octanol–water partition coefficient (Wildman–Crippen LogP) is 5.81. The summed E-state index contributed by atoms with van der Waals surface area (Å²) < 4.78 is 8.49. The van der Waals surface area contributed by atoms with Crippen LogP contribution in [0.3, 0.4) is 0 Å². The fraction of sp³-hybridized carbons (Fsp3) is 0.250. The molecule has 1 aromatic heterocycles. The van der Waals surface area contributed by atoms with Gasteiger partial charge in [-0.1, -0.05) is 50.9 Å². The van der Waals surface area contributed by atoms with Crippen molar-refractivity contribution in [2.75, 3.05) is 11.1 Å². The molecule has 0 bridgehead atoms. The van der Waals surface area contributed by atoms with Gasteiger partial charge in [0.25, 0.3) is 0 Å². The minimum absolute atomic E-state index is 0.175. The van der Waals surface area contributed by atoms with Crippen LogP contribution in [0.2, 0.25) is 10.0 Å². The molecule has 0 aliphatic heterocycles. The van der Waals surface area contributed by atoms with Gasteiger partial charge >= 0.3 is 0 Å². The van der Waals surface area contributed by atoms with Crippen LogP contribution in [0.1, 0.15) is 17.0 Å². The molecule has 0 unspecified atom stereocenters. The van der Waals surface area contributed by atoms with Gasteiger partial charge in [-0.3, -0.25) is 4.79 Å². The van der Waals surface area contributed by atoms with Gasteiger partial charge in [-0.05, 0) is 55.3 Å². The zero-order valence-electron chi connectivity index (χ0n) is 16.5. The van der Waals surface area contributed by atoms with Gasteiger partial charge in [0.05, 0.1) is 16.5 Å². The van der Waals surface area contributed by atoms with Crippen LogP contribution in [0.25, 0.3) is 0 Å². The molecule has 30 heavy (non-hydrogen) atoms. The third-order valence-electron chi connectivity index (χ3n) is 4.24. The monoisotopic (exact) mass is 528 g/mol. The molecule has 0 radical (unpaired) electrons. The number of rotatable bonds is 7. The summed E-state index contributed by atoms with van der Waals surface area (Å²) >= 11 is 16.9. The molecule has 6 nitrogen and oxygen atoms in total. The quantitative estimate of drug-likeness (QED) is 0.391. The first kappa shape index (κ1) is 22.9. The molecule has 3 rings (SSSR count). The van der Waals surface area contributed by atoms with Crippen molar-refractivity contribution in [3.8, 4) is 5.75 Å². The number of nitrogens with one attached hydrogen (secondary N) is 1. The molecule has 1 amide bonds. The van der Waals surface area contributed by atoms with E-state index in [0.29, 0.717) is 21.7 Å². The number of nitrogens with zero attached hydrogens (tertiary/aromatic N) is 3. The maximum Gasteiger partial charge on any atom is 0.234 e. The topological polar surface area (TPSA) is 69.0 Å². The number of anilines is 1. The van der Waals surface area contributed by atoms with Crippen LogP contribution in [0, 0.1) is 13.8 Å². The van der Waals surface area contributed by atoms with Crippen molar-refractivity contribution >= 4 is 62.5 Å². The van der Waals surface area contributed by atoms with Crippen LogP contribution in [-0.4, -0.2) is 26.4 Å². The average Bonchev–Trinajstić information content (AvgIpc) is 3.04. The van der Waals surface area contributed by atoms with E-state index in [9.17, 15) is 4.79 Å². The molecular formula is C20H19BrCl2N4O2S. The van der Waals surface area contributed by atoms with E-state index in [2.05, 4.69) is 31.4 Å². The van der Waals surface area contributed by atoms with E-state index < -0.39 is 0 Å². The summed E-state index contributed by atoms with van der Waals surface area (Å²) in [5.74, 6) is 1.36. The molecular weight excluding hydrogens is 511 g/mol. The van der Waals surface area contributed by atoms with Crippen molar-refractivity contribution in [2.45, 2.75) is 25.6 Å². The minimum Gasteiger partial charge on any atom is -0.486 e. The SMILES string of the molecule is Cc1cc(OCc2nnc(SCC(=O)Nc3ccc(Br)cc3Cl)n2C)cc(C)c1Cl. The van der Waals surface area contributed by atoms with Gasteiger partial charge in [-0.15, -0.1) is 10.2 Å². The number of halogens is 3. The Bertz CT molecular complexity index is 1070. The summed E-state index contributed by atoms with van der Waals surface area (Å²) in [6.45, 7) is 4.13. The van der Waals surface area contributed by atoms with E-state index >= 15 is 0 Å². The summed E-state index contributed by atoms with van der Waals surface area (Å²) in [5, 5.41) is 12.9. The third kappa shape index (κ3) is 5.69. The highest BCUT2D eigenvalue weighted by Gasteiger charge is 2.13. The van der Waals surface area contributed by atoms with E-state index in [-0.39, 0.29) is 18.3 Å². The molecule has 0 aliphatic carbocycles. The molecule has 0 saturated heterocycles. The number of aromatic nitrogens is 3. The number of carbonyl (C=O) groups excluding carboxylic acids is 1. The largest absolute Gasteiger partial charge is 0.486 e. The second-order valence-corrected chi connectivity index (χ2v) is 9.22. The van der Waals surface area contributed by atoms with Crippen LogP contribution in [0.4, 0.5) is 5.69 Å². The van der Waals surface area contributed by atoms with Crippen molar-refractivity contribution in [3.05, 3.63) is 61.8 Å². The number of ether oxygens (including phenoxy) is 1. The van der Waals surface area contributed by atoms with Crippen molar-refractivity contribution in [1.82, 2.24) is 14.8 Å². The van der Waals surface area contributed by atoms with Crippen LogP contribution in [0.15, 0.2) is 40.0 Å². The molecule has 158 valence electrons. The van der Waals surface area contributed by atoms with E-state index in [1.807, 2.05) is 39.1 Å². The molecule has 0 atom stereocenters. The second kappa shape index (κ2) is 10.0. The van der Waals surface area contributed by atoms with Crippen molar-refractivity contribution in [2.24, 2.45) is 7.05 Å². The molecule has 1 heterocycles. The van der Waals surface area contributed by atoms with E-state index in [4.69, 9.17) is 27.9 Å². The fourth-order valence-electron chi connectivity index (χ4n) is 2.64. The Morgan fingerprint density at radius 3 is 2.57 bits per heavy atom. The standard InChI is InChI=1S/C20H19BrCl2N4O2S/c1-11-6-14(7-12(2)19(11)23)29-9-17-25-26-20(27(17)3)30-10-18(28)24-16-5-4-13(21)8-15(16)22/h4-8H,9-10H2,1-3H3,(H,24,28). The summed E-state index contributed by atoms with van der Waals surface area (Å²) in [6.07, 6.45) is 0. The molecule has 0 aliphatic rings. The predicted molar refractivity (Wildman–Crippen MR) is 125 cm³/mol. The average molecular weight is 530 g/mol. The smallest absolute Gasteiger partial charge is 0.234 e. The number of hydrogen-bond acceptors (Lipinski definition) is 5. The van der Waals surface area contributed by atoms with Crippen LogP contribution < -0.4 is 10.1 Å². The van der Waals surface area contributed by atoms with Gasteiger partial charge in [0.2, 0.25) is 5.91 Å². The molecule has 2 aromatic carbocycles. The Hall–Kier alpha value is -1.74. The maximum absolute atomic E-state index is 12.2. The van der Waals surface area contributed by atoms with Gasteiger partial charge in [-0.2, -0.15) is 0 Å². The van der Waals surface area contributed by atoms with Gasteiger partial charge in [0.1, 0.15) is 12.4 Å². The van der Waals surface area contributed by atoms with E-state index in [1.165, 1.54) is 11.8 Å². The highest BCUT2D eigenvalue weighted by molar-refractivity contribution is 9.10. The lowest BCUT2D eigenvalue weighted by atomic mass is 10.1. The lowest BCUT2D eigenvalue weighted by Gasteiger charge is -2.10. The van der Waals surface area contributed by atoms with Crippen molar-refractivity contribution < 1.29 is 9.53 Å². The molecule has 0 saturated carbocycles. The lowest BCUT2D eigenvalue weighted by molar-refractivity contribution is -0.113. The van der Waals surface area contributed by atoms with Gasteiger partial charge < -0.3 is 14.6 Å². The minimum atomic E-state index is -0.183. The Morgan fingerprint density at radius 2 is 1.90 bits per heavy atom. The van der Waals surface area contributed by atoms with Crippen LogP contribution in [0.5, 0.6) is 5.75 Å². The third-order valence-corrected chi connectivity index (χ3v) is 6.66. The number of carbonyl (C=O) groups is 1. The first-order chi connectivity index (χ1) is 14.2. The van der Waals surface area contributed by atoms with Crippen molar-refractivity contribution in [3.63, 3.8) is 0 Å². The maximum atomic E-state index is 12.2. The van der Waals surface area contributed by atoms with E-state index in [0.717, 1.165) is 26.4 Å². The Labute approximate surface area is 197 Å². The normalized spacial score (nSPS) is 10.9. The zero-order valence-corrected chi connectivity index (χ0v) is 20.4. The molecule has 10 heteroatoms. The summed E-state index contributed by atoms with van der Waals surface area (Å²) in [4.78, 5) is 12.2. The lowest BCUT2D eigenvalue weighted by Crippen LogP contribution is -2.15. The number of aryl methyl sites for hydroxylation is 2. The number of thioether (sulfide) groups is 1. The van der Waals surface area contributed by atoms with E-state index in [1.54, 1.807) is 16.7 Å². The first-order valence-corrected chi connectivity index (χ1v) is 11.4. The highest BCUT2D eigenvalue weighted by Crippen LogP contribution is 2.27. The Balaban J connectivity index is 1.56. The Kier molecular flexibility index (Phi) is 7.68. The molecule has 0 fully saturated rings. The molecule has 3 aromatic rings. The van der Waals surface area contributed by atoms with Crippen molar-refractivity contribution in [1.29, 1.82) is 0 Å².